The number of rotatable bonds is 4. The molecule has 0 saturated carbocycles. The highest BCUT2D eigenvalue weighted by molar-refractivity contribution is 9.10. The predicted octanol–water partition coefficient (Wildman–Crippen LogP) is 1.68. The summed E-state index contributed by atoms with van der Waals surface area (Å²) in [5.41, 5.74) is 0. The van der Waals surface area contributed by atoms with E-state index in [0.29, 0.717) is 16.8 Å². The number of hydrogen-bond donors (Lipinski definition) is 0. The third kappa shape index (κ3) is 2.39. The lowest BCUT2D eigenvalue weighted by molar-refractivity contribution is 0.337. The minimum atomic E-state index is -3.71. The zero-order valence-corrected chi connectivity index (χ0v) is 11.8. The Morgan fingerprint density at radius 2 is 2.22 bits per heavy atom. The molecule has 1 aromatic heterocycles. The molecule has 0 N–H and O–H groups in total. The first-order valence-electron chi connectivity index (χ1n) is 5.08. The molecular weight excluding hydrogens is 322 g/mol. The molecule has 0 unspecified atom stereocenters. The van der Waals surface area contributed by atoms with Crippen molar-refractivity contribution in [2.24, 2.45) is 0 Å². The van der Waals surface area contributed by atoms with E-state index >= 15 is 0 Å². The standard InChI is InChI=1S/C10H10BrN3O3S/c1-2-17-10-5-8(3-4-9(10)11)18(15,16)14-7-12-6-13-14/h3-7H,2H2,1H3. The molecule has 0 atom stereocenters. The van der Waals surface area contributed by atoms with E-state index < -0.39 is 10.0 Å². The van der Waals surface area contributed by atoms with Gasteiger partial charge in [0.25, 0.3) is 10.0 Å². The third-order valence-electron chi connectivity index (χ3n) is 2.14. The van der Waals surface area contributed by atoms with Crippen molar-refractivity contribution in [3.8, 4) is 5.75 Å². The van der Waals surface area contributed by atoms with Crippen molar-refractivity contribution in [1.82, 2.24) is 14.2 Å². The molecule has 2 aromatic rings. The van der Waals surface area contributed by atoms with Gasteiger partial charge in [0.1, 0.15) is 18.4 Å². The van der Waals surface area contributed by atoms with Gasteiger partial charge in [-0.15, -0.1) is 9.19 Å². The molecule has 0 aliphatic heterocycles. The van der Waals surface area contributed by atoms with Crippen LogP contribution >= 0.6 is 15.9 Å². The maximum Gasteiger partial charge on any atom is 0.284 e. The molecule has 18 heavy (non-hydrogen) atoms. The van der Waals surface area contributed by atoms with Crippen LogP contribution in [0.2, 0.25) is 0 Å². The van der Waals surface area contributed by atoms with Crippen LogP contribution in [-0.4, -0.2) is 29.2 Å². The Morgan fingerprint density at radius 1 is 1.44 bits per heavy atom. The number of aromatic nitrogens is 3. The van der Waals surface area contributed by atoms with Gasteiger partial charge >= 0.3 is 0 Å². The van der Waals surface area contributed by atoms with Gasteiger partial charge in [-0.05, 0) is 35.0 Å². The molecule has 6 nitrogen and oxygen atoms in total. The summed E-state index contributed by atoms with van der Waals surface area (Å²) >= 11 is 3.29. The van der Waals surface area contributed by atoms with Crippen molar-refractivity contribution >= 4 is 26.0 Å². The fraction of sp³-hybridized carbons (Fsp3) is 0.200. The van der Waals surface area contributed by atoms with Crippen LogP contribution in [0.4, 0.5) is 0 Å². The fourth-order valence-corrected chi connectivity index (χ4v) is 2.76. The molecule has 8 heteroatoms. The summed E-state index contributed by atoms with van der Waals surface area (Å²) < 4.78 is 31.1. The molecule has 1 heterocycles. The van der Waals surface area contributed by atoms with Gasteiger partial charge in [0.05, 0.1) is 16.0 Å². The van der Waals surface area contributed by atoms with Crippen molar-refractivity contribution in [3.05, 3.63) is 35.3 Å². The SMILES string of the molecule is CCOc1cc(S(=O)(=O)n2cncn2)ccc1Br. The predicted molar refractivity (Wildman–Crippen MR) is 67.9 cm³/mol. The number of hydrogen-bond acceptors (Lipinski definition) is 5. The van der Waals surface area contributed by atoms with Gasteiger partial charge in [0.15, 0.2) is 0 Å². The highest BCUT2D eigenvalue weighted by Crippen LogP contribution is 2.28. The Hall–Kier alpha value is -1.41. The van der Waals surface area contributed by atoms with Crippen LogP contribution in [0.3, 0.4) is 0 Å². The lowest BCUT2D eigenvalue weighted by atomic mass is 10.3. The molecule has 0 aliphatic carbocycles. The van der Waals surface area contributed by atoms with E-state index in [1.54, 1.807) is 6.07 Å². The van der Waals surface area contributed by atoms with Gasteiger partial charge in [-0.2, -0.15) is 8.42 Å². The highest BCUT2D eigenvalue weighted by atomic mass is 79.9. The van der Waals surface area contributed by atoms with Crippen LogP contribution in [0.25, 0.3) is 0 Å². The number of halogens is 1. The first-order chi connectivity index (χ1) is 8.55. The van der Waals surface area contributed by atoms with Crippen molar-refractivity contribution in [2.75, 3.05) is 6.61 Å². The minimum absolute atomic E-state index is 0.0969. The van der Waals surface area contributed by atoms with Crippen LogP contribution in [-0.2, 0) is 10.0 Å². The Bertz CT molecular complexity index is 640. The van der Waals surface area contributed by atoms with Crippen molar-refractivity contribution in [2.45, 2.75) is 11.8 Å². The maximum atomic E-state index is 12.2. The number of ether oxygens (including phenoxy) is 1. The first kappa shape index (κ1) is 13.0. The second-order valence-corrected chi connectivity index (χ2v) is 5.95. The summed E-state index contributed by atoms with van der Waals surface area (Å²) in [5, 5.41) is 3.63. The summed E-state index contributed by atoms with van der Waals surface area (Å²) in [6, 6.07) is 4.54. The lowest BCUT2D eigenvalue weighted by Crippen LogP contribution is -2.13. The number of nitrogens with zero attached hydrogens (tertiary/aromatic N) is 3. The van der Waals surface area contributed by atoms with Gasteiger partial charge in [0.2, 0.25) is 0 Å². The summed E-state index contributed by atoms with van der Waals surface area (Å²) in [6.07, 6.45) is 2.30. The van der Waals surface area contributed by atoms with E-state index in [2.05, 4.69) is 26.0 Å². The van der Waals surface area contributed by atoms with Crippen LogP contribution in [0.15, 0.2) is 40.2 Å². The Kier molecular flexibility index (Phi) is 3.67. The van der Waals surface area contributed by atoms with Gasteiger partial charge in [0, 0.05) is 6.07 Å². The zero-order chi connectivity index (χ0) is 13.2. The Balaban J connectivity index is 2.49. The van der Waals surface area contributed by atoms with E-state index in [9.17, 15) is 8.42 Å². The van der Waals surface area contributed by atoms with Gasteiger partial charge < -0.3 is 4.74 Å². The van der Waals surface area contributed by atoms with Crippen molar-refractivity contribution in [3.63, 3.8) is 0 Å². The number of benzene rings is 1. The Labute approximate surface area is 113 Å². The summed E-state index contributed by atoms with van der Waals surface area (Å²) in [5.74, 6) is 0.471. The second kappa shape index (κ2) is 5.07. The van der Waals surface area contributed by atoms with E-state index in [1.165, 1.54) is 18.5 Å². The topological polar surface area (TPSA) is 74.1 Å². The largest absolute Gasteiger partial charge is 0.493 e. The average molecular weight is 332 g/mol. The third-order valence-corrected chi connectivity index (χ3v) is 4.33. The van der Waals surface area contributed by atoms with Gasteiger partial charge in [-0.1, -0.05) is 0 Å². The van der Waals surface area contributed by atoms with Crippen LogP contribution in [0, 0.1) is 0 Å². The molecule has 0 radical (unpaired) electrons. The molecule has 0 saturated heterocycles. The maximum absolute atomic E-state index is 12.2. The monoisotopic (exact) mass is 331 g/mol. The molecule has 2 rings (SSSR count). The van der Waals surface area contributed by atoms with E-state index in [-0.39, 0.29) is 4.90 Å². The summed E-state index contributed by atoms with van der Waals surface area (Å²) in [6.45, 7) is 2.27. The molecular formula is C10H10BrN3O3S. The van der Waals surface area contributed by atoms with Crippen LogP contribution < -0.4 is 4.74 Å². The normalized spacial score (nSPS) is 11.4. The highest BCUT2D eigenvalue weighted by Gasteiger charge is 2.19. The smallest absolute Gasteiger partial charge is 0.284 e. The van der Waals surface area contributed by atoms with Gasteiger partial charge in [-0.25, -0.2) is 4.98 Å². The molecule has 0 amide bonds. The second-order valence-electron chi connectivity index (χ2n) is 3.30. The van der Waals surface area contributed by atoms with E-state index in [1.807, 2.05) is 6.92 Å². The van der Waals surface area contributed by atoms with E-state index in [4.69, 9.17) is 4.74 Å². The van der Waals surface area contributed by atoms with E-state index in [0.717, 1.165) is 10.4 Å². The average Bonchev–Trinajstić information content (AvgIpc) is 2.86. The molecule has 0 aliphatic rings. The zero-order valence-electron chi connectivity index (χ0n) is 9.45. The van der Waals surface area contributed by atoms with Crippen LogP contribution in [0.5, 0.6) is 5.75 Å². The molecule has 0 spiro atoms. The first-order valence-corrected chi connectivity index (χ1v) is 7.31. The fourth-order valence-electron chi connectivity index (χ4n) is 1.34. The molecule has 1 aromatic carbocycles. The van der Waals surface area contributed by atoms with Crippen molar-refractivity contribution in [1.29, 1.82) is 0 Å². The quantitative estimate of drug-likeness (QED) is 0.852. The van der Waals surface area contributed by atoms with Crippen molar-refractivity contribution < 1.29 is 13.2 Å². The summed E-state index contributed by atoms with van der Waals surface area (Å²) in [4.78, 5) is 3.72. The molecule has 0 bridgehead atoms. The molecule has 0 fully saturated rings. The van der Waals surface area contributed by atoms with Crippen LogP contribution in [0.1, 0.15) is 6.92 Å². The Morgan fingerprint density at radius 3 is 2.83 bits per heavy atom. The molecule has 96 valence electrons. The lowest BCUT2D eigenvalue weighted by Gasteiger charge is -2.08. The summed E-state index contributed by atoms with van der Waals surface area (Å²) in [7, 11) is -3.71. The van der Waals surface area contributed by atoms with Gasteiger partial charge in [-0.3, -0.25) is 0 Å². The minimum Gasteiger partial charge on any atom is -0.493 e.